The first-order chi connectivity index (χ1) is 27.2. The van der Waals surface area contributed by atoms with E-state index >= 15 is 4.39 Å². The zero-order valence-electron chi connectivity index (χ0n) is 31.0. The van der Waals surface area contributed by atoms with E-state index in [9.17, 15) is 32.4 Å². The number of H-pyrrole nitrogens is 1. The lowest BCUT2D eigenvalue weighted by Crippen LogP contribution is -2.43. The van der Waals surface area contributed by atoms with Crippen molar-refractivity contribution in [2.75, 3.05) is 48.0 Å². The lowest BCUT2D eigenvalue weighted by atomic mass is 9.99. The number of rotatable bonds is 12. The molecule has 0 atom stereocenters. The van der Waals surface area contributed by atoms with Gasteiger partial charge in [0.2, 0.25) is 0 Å². The summed E-state index contributed by atoms with van der Waals surface area (Å²) in [6.45, 7) is 9.71. The smallest absolute Gasteiger partial charge is 0.380 e. The van der Waals surface area contributed by atoms with E-state index in [1.54, 1.807) is 19.9 Å². The van der Waals surface area contributed by atoms with Gasteiger partial charge >= 0.3 is 6.18 Å². The molecule has 15 heteroatoms. The minimum atomic E-state index is -4.82. The quantitative estimate of drug-likeness (QED) is 0.0759. The Morgan fingerprint density at radius 2 is 1.70 bits per heavy atom. The first-order valence-corrected chi connectivity index (χ1v) is 18.2. The van der Waals surface area contributed by atoms with Crippen molar-refractivity contribution in [2.45, 2.75) is 38.5 Å². The summed E-state index contributed by atoms with van der Waals surface area (Å²) in [7, 11) is 0. The lowest BCUT2D eigenvalue weighted by molar-refractivity contribution is -0.137. The Labute approximate surface area is 324 Å². The first-order valence-electron chi connectivity index (χ1n) is 18.2. The van der Waals surface area contributed by atoms with E-state index in [1.807, 2.05) is 24.3 Å². The van der Waals surface area contributed by atoms with Gasteiger partial charge in [-0.1, -0.05) is 30.8 Å². The van der Waals surface area contributed by atoms with Crippen LogP contribution in [0.2, 0.25) is 0 Å². The fourth-order valence-electron chi connectivity index (χ4n) is 7.40. The average Bonchev–Trinajstić information content (AvgIpc) is 3.54. The van der Waals surface area contributed by atoms with E-state index in [4.69, 9.17) is 4.74 Å². The predicted molar refractivity (Wildman–Crippen MR) is 206 cm³/mol. The van der Waals surface area contributed by atoms with Crippen molar-refractivity contribution in [3.05, 3.63) is 125 Å². The van der Waals surface area contributed by atoms with Gasteiger partial charge in [0, 0.05) is 48.5 Å². The molecular formula is C42H38F5N7O3. The minimum absolute atomic E-state index is 0.0295. The zero-order chi connectivity index (χ0) is 40.6. The zero-order valence-corrected chi connectivity index (χ0v) is 31.0. The molecule has 2 aliphatic rings. The highest BCUT2D eigenvalue weighted by Gasteiger charge is 2.49. The number of alkyl halides is 3. The molecule has 0 aliphatic carbocycles. The Hall–Kier alpha value is -6.24. The normalized spacial score (nSPS) is 15.2. The van der Waals surface area contributed by atoms with Crippen LogP contribution in [-0.4, -0.2) is 55.2 Å². The molecule has 2 amide bonds. The third-order valence-electron chi connectivity index (χ3n) is 10.1. The Kier molecular flexibility index (Phi) is 10.5. The topological polar surface area (TPSA) is 126 Å². The number of nitriles is 1. The Morgan fingerprint density at radius 1 is 0.965 bits per heavy atom. The Bertz CT molecular complexity index is 2440. The number of amides is 2. The van der Waals surface area contributed by atoms with Crippen LogP contribution in [0.25, 0.3) is 22.2 Å². The van der Waals surface area contributed by atoms with Crippen LogP contribution in [0.15, 0.2) is 85.2 Å². The van der Waals surface area contributed by atoms with Crippen molar-refractivity contribution in [1.29, 1.82) is 5.26 Å². The molecule has 0 radical (unpaired) electrons. The molecule has 10 nitrogen and oxygen atoms in total. The van der Waals surface area contributed by atoms with Crippen molar-refractivity contribution in [3.63, 3.8) is 0 Å². The van der Waals surface area contributed by atoms with Crippen LogP contribution in [0.3, 0.4) is 0 Å². The number of aromatic nitrogens is 1. The monoisotopic (exact) mass is 783 g/mol. The number of benzene rings is 4. The molecule has 0 spiro atoms. The van der Waals surface area contributed by atoms with Crippen molar-refractivity contribution in [2.24, 2.45) is 0 Å². The van der Waals surface area contributed by atoms with Gasteiger partial charge in [0.1, 0.15) is 23.0 Å². The number of hydrogen-bond donors (Lipinski definition) is 4. The van der Waals surface area contributed by atoms with Crippen LogP contribution < -0.4 is 25.8 Å². The van der Waals surface area contributed by atoms with Gasteiger partial charge in [0.25, 0.3) is 11.8 Å². The molecule has 4 N–H and O–H groups in total. The highest BCUT2D eigenvalue weighted by atomic mass is 19.4. The van der Waals surface area contributed by atoms with Gasteiger partial charge in [0.05, 0.1) is 47.3 Å². The van der Waals surface area contributed by atoms with Crippen LogP contribution >= 0.6 is 0 Å². The third-order valence-corrected chi connectivity index (χ3v) is 10.1. The van der Waals surface area contributed by atoms with Crippen LogP contribution in [0, 0.1) is 23.0 Å². The number of ether oxygens (including phenoxy) is 1. The predicted octanol–water partition coefficient (Wildman–Crippen LogP) is 7.61. The maximum absolute atomic E-state index is 15.3. The van der Waals surface area contributed by atoms with Gasteiger partial charge in [0.15, 0.2) is 0 Å². The number of anilines is 3. The van der Waals surface area contributed by atoms with Crippen LogP contribution in [-0.2, 0) is 28.7 Å². The second-order valence-electron chi connectivity index (χ2n) is 14.2. The van der Waals surface area contributed by atoms with Crippen molar-refractivity contribution >= 4 is 39.8 Å². The highest BCUT2D eigenvalue weighted by molar-refractivity contribution is 6.11. The number of nitrogens with one attached hydrogen (secondary N) is 4. The molecule has 57 heavy (non-hydrogen) atoms. The molecule has 294 valence electrons. The van der Waals surface area contributed by atoms with Crippen molar-refractivity contribution in [1.82, 2.24) is 15.6 Å². The molecule has 0 saturated carbocycles. The molecule has 1 fully saturated rings. The summed E-state index contributed by atoms with van der Waals surface area (Å²) in [5.74, 6) is -1.91. The minimum Gasteiger partial charge on any atom is -0.380 e. The maximum Gasteiger partial charge on any atom is 0.417 e. The number of carbonyl (C=O) groups is 2. The Balaban J connectivity index is 0.885. The highest BCUT2D eigenvalue weighted by Crippen LogP contribution is 2.43. The van der Waals surface area contributed by atoms with Gasteiger partial charge in [-0.3, -0.25) is 14.5 Å². The number of halogens is 5. The van der Waals surface area contributed by atoms with Crippen molar-refractivity contribution in [3.8, 4) is 17.3 Å². The molecule has 7 rings (SSSR count). The average molecular weight is 784 g/mol. The number of carbonyl (C=O) groups excluding carboxylic acids is 2. The Morgan fingerprint density at radius 3 is 2.42 bits per heavy atom. The third kappa shape index (κ3) is 7.53. The van der Waals surface area contributed by atoms with Crippen molar-refractivity contribution < 1.29 is 36.3 Å². The molecular weight excluding hydrogens is 745 g/mol. The summed E-state index contributed by atoms with van der Waals surface area (Å²) in [6, 6.07) is 19.5. The first kappa shape index (κ1) is 39.0. The second-order valence-corrected chi connectivity index (χ2v) is 14.2. The number of hydrogen-bond acceptors (Lipinski definition) is 7. The van der Waals surface area contributed by atoms with Gasteiger partial charge < -0.3 is 30.6 Å². The summed E-state index contributed by atoms with van der Waals surface area (Å²) < 4.78 is 76.3. The summed E-state index contributed by atoms with van der Waals surface area (Å²) in [5, 5.41) is 19.1. The van der Waals surface area contributed by atoms with E-state index in [-0.39, 0.29) is 28.8 Å². The number of aromatic amines is 1. The molecule has 1 saturated heterocycles. The standard InChI is InChI=1S/C42H38F5N7O3/c1-24-53(29-9-8-27(22-48)33(20-29)42(45,46)47)40(56)41(2,3)54(24)30-10-11-35(34(44)21-30)50-15-17-57-16-14-49-23-25-4-6-26(7-5-25)38-31-12-13-51-39(55)32-18-28(43)19-36(52-38)37(31)32/h4-11,18-21,49-50,52H,1,12-17,23H2,2-3H3,(H,51,55). The van der Waals surface area contributed by atoms with E-state index in [0.29, 0.717) is 56.9 Å². The summed E-state index contributed by atoms with van der Waals surface area (Å²) >= 11 is 0. The van der Waals surface area contributed by atoms with Crippen LogP contribution in [0.5, 0.6) is 0 Å². The molecule has 2 aliphatic heterocycles. The molecule has 1 aromatic heterocycles. The fraction of sp³-hybridized carbons (Fsp3) is 0.262. The summed E-state index contributed by atoms with van der Waals surface area (Å²) in [6.07, 6.45) is -4.19. The molecule has 4 aromatic carbocycles. The molecule has 0 unspecified atom stereocenters. The van der Waals surface area contributed by atoms with E-state index < -0.39 is 40.4 Å². The van der Waals surface area contributed by atoms with Gasteiger partial charge in [-0.25, -0.2) is 8.78 Å². The van der Waals surface area contributed by atoms with E-state index in [1.165, 1.54) is 41.3 Å². The van der Waals surface area contributed by atoms with E-state index in [2.05, 4.69) is 27.5 Å². The van der Waals surface area contributed by atoms with Crippen LogP contribution in [0.1, 0.15) is 46.5 Å². The molecule has 0 bridgehead atoms. The SMILES string of the molecule is C=C1N(c2ccc(C#N)c(C(F)(F)F)c2)C(=O)C(C)(C)N1c1ccc(NCCOCCNCc2ccc(-c3[nH]c4cc(F)cc5c4c3CCNC5=O)cc2)c(F)c1. The second kappa shape index (κ2) is 15.4. The molecule has 3 heterocycles. The molecule has 5 aromatic rings. The van der Waals surface area contributed by atoms with Gasteiger partial charge in [-0.2, -0.15) is 18.4 Å². The van der Waals surface area contributed by atoms with Gasteiger partial charge in [-0.05, 0) is 85.5 Å². The maximum atomic E-state index is 15.3. The number of nitrogens with zero attached hydrogens (tertiary/aromatic N) is 3. The van der Waals surface area contributed by atoms with E-state index in [0.717, 1.165) is 44.8 Å². The summed E-state index contributed by atoms with van der Waals surface area (Å²) in [4.78, 5) is 31.8. The summed E-state index contributed by atoms with van der Waals surface area (Å²) in [5.41, 5.74) is 2.04. The largest absolute Gasteiger partial charge is 0.417 e. The van der Waals surface area contributed by atoms with Crippen LogP contribution in [0.4, 0.5) is 39.0 Å². The lowest BCUT2D eigenvalue weighted by Gasteiger charge is -2.30. The van der Waals surface area contributed by atoms with Gasteiger partial charge in [-0.15, -0.1) is 0 Å². The fourth-order valence-corrected chi connectivity index (χ4v) is 7.40.